The van der Waals surface area contributed by atoms with Crippen LogP contribution < -0.4 is 10.6 Å². The number of carbonyl (C=O) groups excluding carboxylic acids is 2. The summed E-state index contributed by atoms with van der Waals surface area (Å²) >= 11 is 0. The van der Waals surface area contributed by atoms with Crippen LogP contribution in [-0.2, 0) is 22.6 Å². The van der Waals surface area contributed by atoms with Gasteiger partial charge in [0, 0.05) is 13.1 Å². The fraction of sp³-hybridized carbons (Fsp3) is 0.500. The lowest BCUT2D eigenvalue weighted by Gasteiger charge is -2.21. The van der Waals surface area contributed by atoms with E-state index in [1.54, 1.807) is 0 Å². The third-order valence-electron chi connectivity index (χ3n) is 4.13. The topological polar surface area (TPSA) is 76.7 Å². The molecule has 122 valence electrons. The lowest BCUT2D eigenvalue weighted by atomic mass is 9.89. The molecule has 0 heterocycles. The molecule has 0 aliphatic rings. The molecule has 0 radical (unpaired) electrons. The number of rotatable bonds is 4. The molecule has 1 rings (SSSR count). The molecule has 6 nitrogen and oxygen atoms in total. The van der Waals surface area contributed by atoms with Crippen LogP contribution in [0.1, 0.15) is 33.4 Å². The zero-order chi connectivity index (χ0) is 16.9. The Balaban J connectivity index is 3.09. The minimum absolute atomic E-state index is 0.413. The summed E-state index contributed by atoms with van der Waals surface area (Å²) in [6, 6.07) is 0. The van der Waals surface area contributed by atoms with Crippen LogP contribution in [0.3, 0.4) is 0 Å². The molecule has 2 N–H and O–H groups in total. The van der Waals surface area contributed by atoms with Crippen LogP contribution in [0.5, 0.6) is 0 Å². The molecule has 6 heteroatoms. The van der Waals surface area contributed by atoms with E-state index in [0.29, 0.717) is 13.1 Å². The first-order valence-electron chi connectivity index (χ1n) is 7.05. The molecule has 0 atom stereocenters. The van der Waals surface area contributed by atoms with Crippen LogP contribution in [0.2, 0.25) is 0 Å². The van der Waals surface area contributed by atoms with Gasteiger partial charge in [0.25, 0.3) is 0 Å². The van der Waals surface area contributed by atoms with Gasteiger partial charge < -0.3 is 20.1 Å². The van der Waals surface area contributed by atoms with Gasteiger partial charge in [-0.25, -0.2) is 9.59 Å². The average Bonchev–Trinajstić information content (AvgIpc) is 2.52. The Hall–Kier alpha value is -2.24. The molecule has 0 saturated heterocycles. The highest BCUT2D eigenvalue weighted by Crippen LogP contribution is 2.26. The molecule has 1 aromatic rings. The zero-order valence-corrected chi connectivity index (χ0v) is 14.0. The van der Waals surface area contributed by atoms with Crippen LogP contribution in [0, 0.1) is 27.7 Å². The van der Waals surface area contributed by atoms with Crippen molar-refractivity contribution in [2.24, 2.45) is 0 Å². The van der Waals surface area contributed by atoms with Gasteiger partial charge in [0.1, 0.15) is 0 Å². The second kappa shape index (κ2) is 7.68. The number of nitrogens with one attached hydrogen (secondary N) is 2. The van der Waals surface area contributed by atoms with Crippen molar-refractivity contribution in [3.05, 3.63) is 33.4 Å². The van der Waals surface area contributed by atoms with Gasteiger partial charge in [-0.15, -0.1) is 0 Å². The molecule has 2 amide bonds. The van der Waals surface area contributed by atoms with E-state index in [4.69, 9.17) is 0 Å². The predicted octanol–water partition coefficient (Wildman–Crippen LogP) is 2.63. The molecule has 0 aliphatic heterocycles. The fourth-order valence-electron chi connectivity index (χ4n) is 2.46. The van der Waals surface area contributed by atoms with Crippen molar-refractivity contribution in [1.82, 2.24) is 10.6 Å². The number of benzene rings is 1. The minimum Gasteiger partial charge on any atom is -0.453 e. The number of hydrogen-bond acceptors (Lipinski definition) is 4. The molecule has 22 heavy (non-hydrogen) atoms. The lowest BCUT2D eigenvalue weighted by Crippen LogP contribution is -2.26. The summed E-state index contributed by atoms with van der Waals surface area (Å²) in [4.78, 5) is 22.5. The number of ether oxygens (including phenoxy) is 2. The number of alkyl carbamates (subject to hydrolysis) is 2. The summed E-state index contributed by atoms with van der Waals surface area (Å²) < 4.78 is 9.20. The van der Waals surface area contributed by atoms with Gasteiger partial charge in [0.15, 0.2) is 0 Å². The monoisotopic (exact) mass is 308 g/mol. The molecular weight excluding hydrogens is 284 g/mol. The Morgan fingerprint density at radius 1 is 0.727 bits per heavy atom. The van der Waals surface area contributed by atoms with Gasteiger partial charge in [0.2, 0.25) is 0 Å². The highest BCUT2D eigenvalue weighted by molar-refractivity contribution is 5.68. The van der Waals surface area contributed by atoms with E-state index in [-0.39, 0.29) is 0 Å². The standard InChI is InChI=1S/C16H24N2O4/c1-9-10(2)14(8-18-16(20)22-6)12(4)11(3)13(9)7-17-15(19)21-5/h7-8H2,1-6H3,(H,17,19)(H,18,20). The van der Waals surface area contributed by atoms with Crippen molar-refractivity contribution < 1.29 is 19.1 Å². The van der Waals surface area contributed by atoms with E-state index in [0.717, 1.165) is 33.4 Å². The van der Waals surface area contributed by atoms with Crippen LogP contribution in [0.25, 0.3) is 0 Å². The van der Waals surface area contributed by atoms with Crippen LogP contribution in [0.15, 0.2) is 0 Å². The molecule has 1 aromatic carbocycles. The van der Waals surface area contributed by atoms with Crippen molar-refractivity contribution in [2.45, 2.75) is 40.8 Å². The molecule has 0 spiro atoms. The van der Waals surface area contributed by atoms with Gasteiger partial charge in [0.05, 0.1) is 14.2 Å². The van der Waals surface area contributed by atoms with Crippen molar-refractivity contribution in [2.75, 3.05) is 14.2 Å². The van der Waals surface area contributed by atoms with E-state index in [2.05, 4.69) is 20.1 Å². The SMILES string of the molecule is COC(=O)NCc1c(C)c(C)c(CNC(=O)OC)c(C)c1C. The highest BCUT2D eigenvalue weighted by Gasteiger charge is 2.16. The summed E-state index contributed by atoms with van der Waals surface area (Å²) in [7, 11) is 2.68. The van der Waals surface area contributed by atoms with Crippen LogP contribution in [0.4, 0.5) is 9.59 Å². The summed E-state index contributed by atoms with van der Waals surface area (Å²) in [6.07, 6.45) is -0.906. The predicted molar refractivity (Wildman–Crippen MR) is 83.9 cm³/mol. The average molecular weight is 308 g/mol. The number of amides is 2. The third kappa shape index (κ3) is 3.90. The summed E-state index contributed by atoms with van der Waals surface area (Å²) in [5.41, 5.74) is 6.54. The Morgan fingerprint density at radius 3 is 1.23 bits per heavy atom. The molecule has 0 unspecified atom stereocenters. The van der Waals surface area contributed by atoms with Gasteiger partial charge >= 0.3 is 12.2 Å². The Kier molecular flexibility index (Phi) is 6.22. The van der Waals surface area contributed by atoms with Gasteiger partial charge in [-0.2, -0.15) is 0 Å². The quantitative estimate of drug-likeness (QED) is 0.896. The maximum Gasteiger partial charge on any atom is 0.407 e. The largest absolute Gasteiger partial charge is 0.453 e. The van der Waals surface area contributed by atoms with Crippen LogP contribution >= 0.6 is 0 Å². The Labute approximate surface area is 131 Å². The maximum absolute atomic E-state index is 11.3. The highest BCUT2D eigenvalue weighted by atomic mass is 16.5. The minimum atomic E-state index is -0.453. The van der Waals surface area contributed by atoms with E-state index in [9.17, 15) is 9.59 Å². The fourth-order valence-corrected chi connectivity index (χ4v) is 2.46. The number of methoxy groups -OCH3 is 2. The van der Waals surface area contributed by atoms with Gasteiger partial charge in [-0.3, -0.25) is 0 Å². The summed E-state index contributed by atoms with van der Waals surface area (Å²) in [6.45, 7) is 8.87. The molecule has 0 saturated carbocycles. The van der Waals surface area contributed by atoms with Gasteiger partial charge in [-0.05, 0) is 61.1 Å². The van der Waals surface area contributed by atoms with E-state index in [1.165, 1.54) is 14.2 Å². The number of hydrogen-bond donors (Lipinski definition) is 2. The first-order chi connectivity index (χ1) is 10.3. The third-order valence-corrected chi connectivity index (χ3v) is 4.13. The summed E-state index contributed by atoms with van der Waals surface area (Å²) in [5, 5.41) is 5.43. The molecule has 0 aromatic heterocycles. The van der Waals surface area contributed by atoms with Crippen molar-refractivity contribution >= 4 is 12.2 Å². The lowest BCUT2D eigenvalue weighted by molar-refractivity contribution is 0.169. The molecule has 0 aliphatic carbocycles. The van der Waals surface area contributed by atoms with Crippen molar-refractivity contribution in [3.8, 4) is 0 Å². The molecule has 0 fully saturated rings. The first kappa shape index (κ1) is 17.8. The van der Waals surface area contributed by atoms with E-state index < -0.39 is 12.2 Å². The van der Waals surface area contributed by atoms with Gasteiger partial charge in [-0.1, -0.05) is 0 Å². The normalized spacial score (nSPS) is 10.1. The summed E-state index contributed by atoms with van der Waals surface area (Å²) in [5.74, 6) is 0. The zero-order valence-electron chi connectivity index (χ0n) is 14.0. The van der Waals surface area contributed by atoms with Crippen molar-refractivity contribution in [1.29, 1.82) is 0 Å². The molecule has 0 bridgehead atoms. The first-order valence-corrected chi connectivity index (χ1v) is 7.05. The Bertz CT molecular complexity index is 502. The van der Waals surface area contributed by atoms with E-state index >= 15 is 0 Å². The maximum atomic E-state index is 11.3. The second-order valence-electron chi connectivity index (χ2n) is 5.15. The smallest absolute Gasteiger partial charge is 0.407 e. The second-order valence-corrected chi connectivity index (χ2v) is 5.15. The van der Waals surface area contributed by atoms with Crippen molar-refractivity contribution in [3.63, 3.8) is 0 Å². The molecular formula is C16H24N2O4. The van der Waals surface area contributed by atoms with E-state index in [1.807, 2.05) is 27.7 Å². The number of carbonyl (C=O) groups is 2. The Morgan fingerprint density at radius 2 is 1.00 bits per heavy atom. The van der Waals surface area contributed by atoms with Crippen LogP contribution in [-0.4, -0.2) is 26.4 Å².